The lowest BCUT2D eigenvalue weighted by Gasteiger charge is -2.41. The standard InChI is InChI=1S/C21H32N2O3/c1-5-21(4,17-6-8-19(24)9-7-17)15-18(14-16(2)3)22-10-12-23(13-11-22)20(25)26/h6-9,14,18,24H,5,10-13,15H2,1-4H3,(H,25,26). The fraction of sp³-hybridized carbons (Fsp3) is 0.571. The van der Waals surface area contributed by atoms with E-state index in [2.05, 4.69) is 38.7 Å². The number of allylic oxidation sites excluding steroid dienone is 1. The van der Waals surface area contributed by atoms with E-state index in [4.69, 9.17) is 0 Å². The fourth-order valence-corrected chi connectivity index (χ4v) is 3.71. The number of aromatic hydroxyl groups is 1. The minimum absolute atomic E-state index is 0.00571. The van der Waals surface area contributed by atoms with E-state index in [1.54, 1.807) is 12.1 Å². The first-order valence-corrected chi connectivity index (χ1v) is 9.41. The SMILES string of the molecule is CCC(C)(CC(C=C(C)C)N1CCN(C(=O)O)CC1)c1ccc(O)cc1. The summed E-state index contributed by atoms with van der Waals surface area (Å²) in [5.41, 5.74) is 2.50. The van der Waals surface area contributed by atoms with Crippen LogP contribution in [0.5, 0.6) is 5.75 Å². The maximum absolute atomic E-state index is 11.2. The van der Waals surface area contributed by atoms with Crippen molar-refractivity contribution < 1.29 is 15.0 Å². The molecule has 0 spiro atoms. The van der Waals surface area contributed by atoms with Gasteiger partial charge in [-0.2, -0.15) is 0 Å². The second-order valence-corrected chi connectivity index (χ2v) is 7.78. The quantitative estimate of drug-likeness (QED) is 0.750. The Balaban J connectivity index is 2.19. The Kier molecular flexibility index (Phi) is 6.70. The number of hydrogen-bond acceptors (Lipinski definition) is 3. The Bertz CT molecular complexity index is 629. The molecule has 5 nitrogen and oxygen atoms in total. The van der Waals surface area contributed by atoms with Crippen molar-refractivity contribution >= 4 is 6.09 Å². The van der Waals surface area contributed by atoms with Crippen molar-refractivity contribution in [2.75, 3.05) is 26.2 Å². The second kappa shape index (κ2) is 8.58. The smallest absolute Gasteiger partial charge is 0.407 e. The highest BCUT2D eigenvalue weighted by Crippen LogP contribution is 2.35. The Morgan fingerprint density at radius 3 is 2.23 bits per heavy atom. The first-order valence-electron chi connectivity index (χ1n) is 9.41. The summed E-state index contributed by atoms with van der Waals surface area (Å²) >= 11 is 0. The van der Waals surface area contributed by atoms with E-state index in [0.717, 1.165) is 25.9 Å². The molecule has 1 amide bonds. The largest absolute Gasteiger partial charge is 0.508 e. The molecule has 0 saturated carbocycles. The van der Waals surface area contributed by atoms with Crippen molar-refractivity contribution in [2.45, 2.75) is 52.0 Å². The summed E-state index contributed by atoms with van der Waals surface area (Å²) in [5, 5.41) is 18.8. The van der Waals surface area contributed by atoms with Gasteiger partial charge in [0.1, 0.15) is 5.75 Å². The number of amides is 1. The minimum atomic E-state index is -0.828. The first-order chi connectivity index (χ1) is 12.2. The molecule has 0 radical (unpaired) electrons. The molecule has 0 aliphatic carbocycles. The fourth-order valence-electron chi connectivity index (χ4n) is 3.71. The van der Waals surface area contributed by atoms with Crippen LogP contribution in [0, 0.1) is 0 Å². The van der Waals surface area contributed by atoms with Gasteiger partial charge in [0, 0.05) is 32.2 Å². The van der Waals surface area contributed by atoms with Crippen LogP contribution < -0.4 is 0 Å². The highest BCUT2D eigenvalue weighted by atomic mass is 16.4. The van der Waals surface area contributed by atoms with Gasteiger partial charge in [0.25, 0.3) is 0 Å². The van der Waals surface area contributed by atoms with Crippen LogP contribution in [0.4, 0.5) is 4.79 Å². The van der Waals surface area contributed by atoms with Crippen molar-refractivity contribution in [1.29, 1.82) is 0 Å². The number of benzene rings is 1. The van der Waals surface area contributed by atoms with E-state index in [1.807, 2.05) is 12.1 Å². The molecule has 1 saturated heterocycles. The molecule has 26 heavy (non-hydrogen) atoms. The zero-order valence-electron chi connectivity index (χ0n) is 16.4. The Morgan fingerprint density at radius 1 is 1.19 bits per heavy atom. The van der Waals surface area contributed by atoms with Gasteiger partial charge < -0.3 is 15.1 Å². The topological polar surface area (TPSA) is 64.0 Å². The molecule has 0 aromatic heterocycles. The average molecular weight is 360 g/mol. The van der Waals surface area contributed by atoms with Crippen LogP contribution in [0.1, 0.15) is 46.1 Å². The third-order valence-electron chi connectivity index (χ3n) is 5.58. The maximum Gasteiger partial charge on any atom is 0.407 e. The highest BCUT2D eigenvalue weighted by molar-refractivity contribution is 5.65. The van der Waals surface area contributed by atoms with E-state index in [0.29, 0.717) is 13.1 Å². The molecule has 1 heterocycles. The van der Waals surface area contributed by atoms with Gasteiger partial charge in [0.15, 0.2) is 0 Å². The van der Waals surface area contributed by atoms with E-state index >= 15 is 0 Å². The van der Waals surface area contributed by atoms with Crippen LogP contribution in [0.15, 0.2) is 35.9 Å². The van der Waals surface area contributed by atoms with Crippen LogP contribution >= 0.6 is 0 Å². The molecule has 2 N–H and O–H groups in total. The number of carboxylic acid groups (broad SMARTS) is 1. The summed E-state index contributed by atoms with van der Waals surface area (Å²) in [6.07, 6.45) is 3.45. The van der Waals surface area contributed by atoms with Gasteiger partial charge in [-0.05, 0) is 49.8 Å². The molecule has 1 aromatic carbocycles. The van der Waals surface area contributed by atoms with Crippen LogP contribution in [0.2, 0.25) is 0 Å². The molecule has 2 rings (SSSR count). The van der Waals surface area contributed by atoms with Crippen LogP contribution in [-0.4, -0.2) is 58.3 Å². The molecule has 144 valence electrons. The van der Waals surface area contributed by atoms with Crippen molar-refractivity contribution in [1.82, 2.24) is 9.80 Å². The Hall–Kier alpha value is -2.01. The van der Waals surface area contributed by atoms with Gasteiger partial charge in [0.05, 0.1) is 0 Å². The number of piperazine rings is 1. The first kappa shape index (κ1) is 20.3. The monoisotopic (exact) mass is 360 g/mol. The lowest BCUT2D eigenvalue weighted by atomic mass is 9.74. The number of rotatable bonds is 6. The van der Waals surface area contributed by atoms with E-state index in [1.165, 1.54) is 16.0 Å². The zero-order chi connectivity index (χ0) is 19.3. The van der Waals surface area contributed by atoms with Crippen molar-refractivity contribution in [3.8, 4) is 5.75 Å². The van der Waals surface area contributed by atoms with Gasteiger partial charge in [-0.1, -0.05) is 37.6 Å². The summed E-state index contributed by atoms with van der Waals surface area (Å²) in [4.78, 5) is 15.1. The zero-order valence-corrected chi connectivity index (χ0v) is 16.4. The number of hydrogen-bond donors (Lipinski definition) is 2. The van der Waals surface area contributed by atoms with E-state index < -0.39 is 6.09 Å². The molecule has 1 fully saturated rings. The summed E-state index contributed by atoms with van der Waals surface area (Å²) in [5.74, 6) is 0.290. The van der Waals surface area contributed by atoms with Crippen molar-refractivity contribution in [3.63, 3.8) is 0 Å². The summed E-state index contributed by atoms with van der Waals surface area (Å²) in [7, 11) is 0. The molecule has 1 aliphatic heterocycles. The second-order valence-electron chi connectivity index (χ2n) is 7.78. The van der Waals surface area contributed by atoms with Gasteiger partial charge in [0.2, 0.25) is 0 Å². The number of nitrogens with zero attached hydrogens (tertiary/aromatic N) is 2. The number of phenols is 1. The van der Waals surface area contributed by atoms with Crippen molar-refractivity contribution in [3.05, 3.63) is 41.5 Å². The normalized spacial score (nSPS) is 18.8. The summed E-state index contributed by atoms with van der Waals surface area (Å²) in [6, 6.07) is 7.81. The molecule has 1 aromatic rings. The van der Waals surface area contributed by atoms with Crippen LogP contribution in [0.3, 0.4) is 0 Å². The molecule has 1 aliphatic rings. The van der Waals surface area contributed by atoms with Gasteiger partial charge in [-0.3, -0.25) is 4.90 Å². The maximum atomic E-state index is 11.2. The van der Waals surface area contributed by atoms with Crippen LogP contribution in [-0.2, 0) is 5.41 Å². The third-order valence-corrected chi connectivity index (χ3v) is 5.58. The molecule has 5 heteroatoms. The highest BCUT2D eigenvalue weighted by Gasteiger charge is 2.32. The molecular weight excluding hydrogens is 328 g/mol. The average Bonchev–Trinajstić information content (AvgIpc) is 2.61. The third kappa shape index (κ3) is 5.01. The summed E-state index contributed by atoms with van der Waals surface area (Å²) < 4.78 is 0. The van der Waals surface area contributed by atoms with Crippen LogP contribution in [0.25, 0.3) is 0 Å². The molecular formula is C21H32N2O3. The van der Waals surface area contributed by atoms with E-state index in [-0.39, 0.29) is 17.2 Å². The molecule has 2 atom stereocenters. The Morgan fingerprint density at radius 2 is 1.77 bits per heavy atom. The van der Waals surface area contributed by atoms with Gasteiger partial charge in [-0.25, -0.2) is 4.79 Å². The lowest BCUT2D eigenvalue weighted by molar-refractivity contribution is 0.0869. The summed E-state index contributed by atoms with van der Waals surface area (Å²) in [6.45, 7) is 11.4. The number of carbonyl (C=O) groups is 1. The van der Waals surface area contributed by atoms with E-state index in [9.17, 15) is 15.0 Å². The van der Waals surface area contributed by atoms with Gasteiger partial charge in [-0.15, -0.1) is 0 Å². The molecule has 0 bridgehead atoms. The minimum Gasteiger partial charge on any atom is -0.508 e. The lowest BCUT2D eigenvalue weighted by Crippen LogP contribution is -2.52. The molecule has 2 unspecified atom stereocenters. The number of phenolic OH excluding ortho intramolecular Hbond substituents is 1. The predicted molar refractivity (Wildman–Crippen MR) is 105 cm³/mol. The Labute approximate surface area is 156 Å². The predicted octanol–water partition coefficient (Wildman–Crippen LogP) is 4.08. The van der Waals surface area contributed by atoms with Crippen molar-refractivity contribution in [2.24, 2.45) is 0 Å². The van der Waals surface area contributed by atoms with Gasteiger partial charge >= 0.3 is 6.09 Å².